The lowest BCUT2D eigenvalue weighted by molar-refractivity contribution is 0.661. The Bertz CT molecular complexity index is 2830. The second-order valence-corrected chi connectivity index (χ2v) is 14.4. The fourth-order valence-corrected chi connectivity index (χ4v) is 7.92. The van der Waals surface area contributed by atoms with E-state index >= 15 is 0 Å². The molecule has 4 heteroatoms. The minimum Gasteiger partial charge on any atom is -0.236 e. The van der Waals surface area contributed by atoms with E-state index in [1.54, 1.807) is 0 Å². The summed E-state index contributed by atoms with van der Waals surface area (Å²) >= 11 is 0. The van der Waals surface area contributed by atoms with Gasteiger partial charge in [-0.05, 0) is 73.6 Å². The first-order valence-corrected chi connectivity index (χ1v) is 18.0. The Labute approximate surface area is 308 Å². The Hall–Kier alpha value is -6.78. The lowest BCUT2D eigenvalue weighted by atomic mass is 9.81. The molecule has 0 unspecified atom stereocenters. The maximum absolute atomic E-state index is 5.20. The Kier molecular flexibility index (Phi) is 7.12. The molecule has 0 saturated carbocycles. The maximum Gasteiger partial charge on any atom is 0.160 e. The van der Waals surface area contributed by atoms with Crippen molar-refractivity contribution < 1.29 is 0 Å². The van der Waals surface area contributed by atoms with Gasteiger partial charge in [0.2, 0.25) is 0 Å². The van der Waals surface area contributed by atoms with E-state index in [2.05, 4.69) is 145 Å². The number of nitrogens with zero attached hydrogens (tertiary/aromatic N) is 4. The molecule has 0 spiro atoms. The van der Waals surface area contributed by atoms with Gasteiger partial charge >= 0.3 is 0 Å². The minimum absolute atomic E-state index is 0.0701. The molecule has 0 aliphatic heterocycles. The van der Waals surface area contributed by atoms with Crippen molar-refractivity contribution in [1.82, 2.24) is 19.9 Å². The summed E-state index contributed by atoms with van der Waals surface area (Å²) in [6, 6.07) is 55.7. The Morgan fingerprint density at radius 1 is 0.377 bits per heavy atom. The Morgan fingerprint density at radius 3 is 1.68 bits per heavy atom. The van der Waals surface area contributed by atoms with Crippen LogP contribution in [-0.2, 0) is 5.41 Å². The highest BCUT2D eigenvalue weighted by molar-refractivity contribution is 6.10. The predicted molar refractivity (Wildman–Crippen MR) is 217 cm³/mol. The molecule has 0 N–H and O–H groups in total. The lowest BCUT2D eigenvalue weighted by Gasteiger charge is -2.22. The standard InChI is InChI=1S/C49H34N4/c1-49(2)43-16-10-9-15-39(43)42-25-36-23-17-32-18-24-37(26-40(32)41(36)27-44(42)49)46-28-45(33-13-7-4-8-14-33)52-48(53-46)35-21-19-34(20-22-35)47-50-29-38(30-51-47)31-11-5-3-6-12-31/h3-30H,1-2H3. The molecule has 2 heterocycles. The van der Waals surface area contributed by atoms with Crippen molar-refractivity contribution >= 4 is 21.5 Å². The number of aromatic nitrogens is 4. The predicted octanol–water partition coefficient (Wildman–Crippen LogP) is 12.2. The number of rotatable bonds is 5. The normalized spacial score (nSPS) is 12.9. The van der Waals surface area contributed by atoms with Gasteiger partial charge in [0.25, 0.3) is 0 Å². The van der Waals surface area contributed by atoms with E-state index in [1.165, 1.54) is 43.8 Å². The van der Waals surface area contributed by atoms with E-state index < -0.39 is 0 Å². The maximum atomic E-state index is 5.20. The summed E-state index contributed by atoms with van der Waals surface area (Å²) in [5.74, 6) is 1.35. The van der Waals surface area contributed by atoms with Gasteiger partial charge in [-0.25, -0.2) is 19.9 Å². The highest BCUT2D eigenvalue weighted by Gasteiger charge is 2.35. The monoisotopic (exact) mass is 678 g/mol. The molecule has 250 valence electrons. The fraction of sp³-hybridized carbons (Fsp3) is 0.0612. The van der Waals surface area contributed by atoms with Gasteiger partial charge in [0.1, 0.15) is 0 Å². The molecular weight excluding hydrogens is 645 g/mol. The molecule has 4 nitrogen and oxygen atoms in total. The van der Waals surface area contributed by atoms with Crippen molar-refractivity contribution in [2.75, 3.05) is 0 Å². The first-order chi connectivity index (χ1) is 26.0. The minimum atomic E-state index is -0.0701. The van der Waals surface area contributed by atoms with Crippen LogP contribution < -0.4 is 0 Å². The third kappa shape index (κ3) is 5.30. The van der Waals surface area contributed by atoms with Crippen molar-refractivity contribution in [1.29, 1.82) is 0 Å². The van der Waals surface area contributed by atoms with Crippen molar-refractivity contribution in [2.24, 2.45) is 0 Å². The SMILES string of the molecule is CC1(C)c2ccccc2-c2cc3ccc4ccc(-c5cc(-c6ccccc6)nc(-c6ccc(-c7ncc(-c8ccccc8)cn7)cc6)n5)cc4c3cc21. The molecule has 7 aromatic carbocycles. The Balaban J connectivity index is 1.06. The molecule has 0 amide bonds. The summed E-state index contributed by atoms with van der Waals surface area (Å²) in [4.78, 5) is 19.6. The van der Waals surface area contributed by atoms with Crippen LogP contribution in [0.5, 0.6) is 0 Å². The third-order valence-corrected chi connectivity index (χ3v) is 10.8. The van der Waals surface area contributed by atoms with Crippen LogP contribution in [0.25, 0.3) is 89.1 Å². The first-order valence-electron chi connectivity index (χ1n) is 18.0. The van der Waals surface area contributed by atoms with E-state index in [1.807, 2.05) is 48.8 Å². The largest absolute Gasteiger partial charge is 0.236 e. The van der Waals surface area contributed by atoms with Gasteiger partial charge < -0.3 is 0 Å². The highest BCUT2D eigenvalue weighted by atomic mass is 14.9. The number of hydrogen-bond donors (Lipinski definition) is 0. The van der Waals surface area contributed by atoms with Crippen LogP contribution in [0, 0.1) is 0 Å². The highest BCUT2D eigenvalue weighted by Crippen LogP contribution is 2.50. The molecule has 2 aromatic heterocycles. The molecule has 1 aliphatic carbocycles. The van der Waals surface area contributed by atoms with Crippen molar-refractivity contribution in [2.45, 2.75) is 19.3 Å². The second-order valence-electron chi connectivity index (χ2n) is 14.4. The van der Waals surface area contributed by atoms with Crippen molar-refractivity contribution in [3.05, 3.63) is 181 Å². The summed E-state index contributed by atoms with van der Waals surface area (Å²) in [7, 11) is 0. The van der Waals surface area contributed by atoms with Crippen molar-refractivity contribution in [3.8, 4) is 67.5 Å². The molecule has 0 radical (unpaired) electrons. The van der Waals surface area contributed by atoms with Gasteiger partial charge in [-0.2, -0.15) is 0 Å². The quantitative estimate of drug-likeness (QED) is 0.170. The first kappa shape index (κ1) is 31.0. The lowest BCUT2D eigenvalue weighted by Crippen LogP contribution is -2.14. The number of fused-ring (bicyclic) bond motifs is 6. The van der Waals surface area contributed by atoms with Gasteiger partial charge in [0.15, 0.2) is 11.6 Å². The van der Waals surface area contributed by atoms with Crippen LogP contribution in [0.4, 0.5) is 0 Å². The average molecular weight is 679 g/mol. The van der Waals surface area contributed by atoms with Gasteiger partial charge in [-0.15, -0.1) is 0 Å². The molecule has 0 fully saturated rings. The molecule has 0 atom stereocenters. The van der Waals surface area contributed by atoms with E-state index in [4.69, 9.17) is 9.97 Å². The van der Waals surface area contributed by atoms with Crippen LogP contribution in [0.15, 0.2) is 170 Å². The van der Waals surface area contributed by atoms with E-state index in [0.717, 1.165) is 44.8 Å². The molecule has 0 saturated heterocycles. The van der Waals surface area contributed by atoms with Gasteiger partial charge in [0.05, 0.1) is 11.4 Å². The van der Waals surface area contributed by atoms with Crippen LogP contribution in [0.1, 0.15) is 25.0 Å². The van der Waals surface area contributed by atoms with Crippen LogP contribution in [0.3, 0.4) is 0 Å². The molecule has 1 aliphatic rings. The van der Waals surface area contributed by atoms with E-state index in [-0.39, 0.29) is 5.41 Å². The van der Waals surface area contributed by atoms with E-state index in [0.29, 0.717) is 11.6 Å². The van der Waals surface area contributed by atoms with Gasteiger partial charge in [-0.3, -0.25) is 0 Å². The average Bonchev–Trinajstić information content (AvgIpc) is 3.45. The summed E-state index contributed by atoms with van der Waals surface area (Å²) in [6.07, 6.45) is 3.76. The third-order valence-electron chi connectivity index (χ3n) is 10.8. The van der Waals surface area contributed by atoms with Crippen LogP contribution in [-0.4, -0.2) is 19.9 Å². The number of hydrogen-bond acceptors (Lipinski definition) is 4. The molecular formula is C49H34N4. The molecule has 10 rings (SSSR count). The summed E-state index contributed by atoms with van der Waals surface area (Å²) in [5, 5.41) is 4.93. The zero-order valence-corrected chi connectivity index (χ0v) is 29.5. The van der Waals surface area contributed by atoms with Gasteiger partial charge in [0, 0.05) is 45.6 Å². The topological polar surface area (TPSA) is 51.6 Å². The molecule has 53 heavy (non-hydrogen) atoms. The summed E-state index contributed by atoms with van der Waals surface area (Å²) < 4.78 is 0. The molecule has 0 bridgehead atoms. The van der Waals surface area contributed by atoms with E-state index in [9.17, 15) is 0 Å². The van der Waals surface area contributed by atoms with Gasteiger partial charge in [-0.1, -0.05) is 147 Å². The molecule has 9 aromatic rings. The van der Waals surface area contributed by atoms with Crippen molar-refractivity contribution in [3.63, 3.8) is 0 Å². The Morgan fingerprint density at radius 2 is 0.943 bits per heavy atom. The fourth-order valence-electron chi connectivity index (χ4n) is 7.92. The zero-order valence-electron chi connectivity index (χ0n) is 29.5. The van der Waals surface area contributed by atoms with Crippen LogP contribution in [0.2, 0.25) is 0 Å². The summed E-state index contributed by atoms with van der Waals surface area (Å²) in [6.45, 7) is 4.68. The zero-order chi connectivity index (χ0) is 35.5. The summed E-state index contributed by atoms with van der Waals surface area (Å²) in [5.41, 5.74) is 13.2. The second kappa shape index (κ2) is 12.2. The van der Waals surface area contributed by atoms with Crippen LogP contribution >= 0.6 is 0 Å². The number of benzene rings is 7. The smallest absolute Gasteiger partial charge is 0.160 e.